The number of carbonyl (C=O) groups is 2. The van der Waals surface area contributed by atoms with E-state index in [1.807, 2.05) is 30.3 Å². The highest BCUT2D eigenvalue weighted by atomic mass is 16.6. The maximum Gasteiger partial charge on any atom is 0.410 e. The van der Waals surface area contributed by atoms with Gasteiger partial charge in [-0.25, -0.2) is 4.79 Å². The van der Waals surface area contributed by atoms with Crippen LogP contribution in [0, 0.1) is 0 Å². The normalized spacial score (nSPS) is 24.5. The zero-order valence-electron chi connectivity index (χ0n) is 19.7. The van der Waals surface area contributed by atoms with Gasteiger partial charge >= 0.3 is 6.09 Å². The molecule has 2 N–H and O–H groups in total. The summed E-state index contributed by atoms with van der Waals surface area (Å²) in [6.45, 7) is 1.11. The molecule has 1 aliphatic carbocycles. The quantitative estimate of drug-likeness (QED) is 0.646. The molecule has 1 heterocycles. The van der Waals surface area contributed by atoms with Gasteiger partial charge in [-0.05, 0) is 56.2 Å². The maximum atomic E-state index is 13.0. The van der Waals surface area contributed by atoms with E-state index in [2.05, 4.69) is 17.4 Å². The number of likely N-dealkylation sites (tertiary alicyclic amines) is 1. The summed E-state index contributed by atoms with van der Waals surface area (Å²) in [4.78, 5) is 27.3. The van der Waals surface area contributed by atoms with Gasteiger partial charge in [-0.1, -0.05) is 42.5 Å². The van der Waals surface area contributed by atoms with E-state index in [1.54, 1.807) is 24.1 Å². The molecule has 4 rings (SSSR count). The maximum absolute atomic E-state index is 13.0. The number of carbonyl (C=O) groups excluding carboxylic acids is 2. The first-order chi connectivity index (χ1) is 16.6. The largest absolute Gasteiger partial charge is 0.496 e. The Kier molecular flexibility index (Phi) is 7.73. The lowest BCUT2D eigenvalue weighted by Crippen LogP contribution is -2.46. The van der Waals surface area contributed by atoms with Crippen molar-refractivity contribution in [1.82, 2.24) is 10.2 Å². The van der Waals surface area contributed by atoms with Crippen LogP contribution in [0.5, 0.6) is 5.75 Å². The van der Waals surface area contributed by atoms with Crippen LogP contribution >= 0.6 is 0 Å². The number of aliphatic hydroxyl groups excluding tert-OH is 1. The molecule has 0 aromatic heterocycles. The lowest BCUT2D eigenvalue weighted by atomic mass is 9.68. The van der Waals surface area contributed by atoms with Gasteiger partial charge in [-0.2, -0.15) is 0 Å². The minimum atomic E-state index is -0.321. The summed E-state index contributed by atoms with van der Waals surface area (Å²) in [7, 11) is 1.56. The molecule has 2 fully saturated rings. The SMILES string of the molecule is COc1ccccc1C(=O)NCC1(c2ccccc2)CCC(OC(=O)N2CCC[C@@H]2CO)CC1. The van der Waals surface area contributed by atoms with Crippen molar-refractivity contribution >= 4 is 12.0 Å². The van der Waals surface area contributed by atoms with Crippen LogP contribution in [0.15, 0.2) is 54.6 Å². The number of hydrogen-bond acceptors (Lipinski definition) is 5. The molecule has 0 unspecified atom stereocenters. The Labute approximate surface area is 201 Å². The molecule has 34 heavy (non-hydrogen) atoms. The molecule has 2 aliphatic rings. The molecule has 0 spiro atoms. The molecule has 0 radical (unpaired) electrons. The molecule has 1 atom stereocenters. The van der Waals surface area contributed by atoms with Crippen LogP contribution in [0.4, 0.5) is 4.79 Å². The first-order valence-electron chi connectivity index (χ1n) is 12.1. The fourth-order valence-corrected chi connectivity index (χ4v) is 5.27. The Hall–Kier alpha value is -3.06. The topological polar surface area (TPSA) is 88.1 Å². The average Bonchev–Trinajstić information content (AvgIpc) is 3.38. The predicted octanol–water partition coefficient (Wildman–Crippen LogP) is 3.90. The van der Waals surface area contributed by atoms with Crippen LogP contribution in [0.25, 0.3) is 0 Å². The Morgan fingerprint density at radius 1 is 1.06 bits per heavy atom. The number of nitrogens with one attached hydrogen (secondary N) is 1. The van der Waals surface area contributed by atoms with Gasteiger partial charge in [0.05, 0.1) is 25.3 Å². The minimum absolute atomic E-state index is 0.0250. The van der Waals surface area contributed by atoms with Gasteiger partial charge < -0.3 is 24.8 Å². The number of para-hydroxylation sites is 1. The van der Waals surface area contributed by atoms with Crippen molar-refractivity contribution in [3.05, 3.63) is 65.7 Å². The molecule has 7 heteroatoms. The van der Waals surface area contributed by atoms with Gasteiger partial charge in [0, 0.05) is 18.5 Å². The first-order valence-corrected chi connectivity index (χ1v) is 12.1. The van der Waals surface area contributed by atoms with E-state index in [0.29, 0.717) is 24.4 Å². The lowest BCUT2D eigenvalue weighted by molar-refractivity contribution is 0.0255. The molecule has 2 aromatic rings. The number of rotatable bonds is 7. The summed E-state index contributed by atoms with van der Waals surface area (Å²) in [5.74, 6) is 0.387. The van der Waals surface area contributed by atoms with Crippen LogP contribution in [0.1, 0.15) is 54.4 Å². The standard InChI is InChI=1S/C27H34N2O5/c1-33-24-12-6-5-11-23(24)25(31)28-19-27(20-8-3-2-4-9-20)15-13-22(14-16-27)34-26(32)29-17-7-10-21(29)18-30/h2-6,8-9,11-12,21-22,30H,7,10,13-19H2,1H3,(H,28,31)/t21-,22?,27?/m1/s1. The average molecular weight is 467 g/mol. The number of nitrogens with zero attached hydrogens (tertiary/aromatic N) is 1. The smallest absolute Gasteiger partial charge is 0.410 e. The van der Waals surface area contributed by atoms with E-state index in [9.17, 15) is 14.7 Å². The van der Waals surface area contributed by atoms with Crippen LogP contribution in [0.3, 0.4) is 0 Å². The third-order valence-electron chi connectivity index (χ3n) is 7.30. The molecule has 2 amide bonds. The number of methoxy groups -OCH3 is 1. The summed E-state index contributed by atoms with van der Waals surface area (Å²) < 4.78 is 11.2. The Morgan fingerprint density at radius 3 is 2.47 bits per heavy atom. The van der Waals surface area contributed by atoms with E-state index in [-0.39, 0.29) is 36.2 Å². The Balaban J connectivity index is 1.42. The monoisotopic (exact) mass is 466 g/mol. The van der Waals surface area contributed by atoms with Gasteiger partial charge in [0.2, 0.25) is 0 Å². The zero-order chi connectivity index (χ0) is 24.0. The molecular formula is C27H34N2O5. The molecule has 1 saturated carbocycles. The van der Waals surface area contributed by atoms with E-state index in [0.717, 1.165) is 38.5 Å². The van der Waals surface area contributed by atoms with Crippen molar-refractivity contribution in [3.8, 4) is 5.75 Å². The number of hydrogen-bond donors (Lipinski definition) is 2. The number of aliphatic hydroxyl groups is 1. The number of ether oxygens (including phenoxy) is 2. The molecule has 2 aromatic carbocycles. The summed E-state index contributed by atoms with van der Waals surface area (Å²) in [6.07, 6.45) is 4.28. The van der Waals surface area contributed by atoms with Crippen LogP contribution in [-0.2, 0) is 10.2 Å². The molecule has 1 aliphatic heterocycles. The molecule has 1 saturated heterocycles. The van der Waals surface area contributed by atoms with Crippen molar-refractivity contribution in [2.75, 3.05) is 26.8 Å². The summed E-state index contributed by atoms with van der Waals surface area (Å²) >= 11 is 0. The van der Waals surface area contributed by atoms with Gasteiger partial charge in [0.1, 0.15) is 11.9 Å². The van der Waals surface area contributed by atoms with E-state index in [1.165, 1.54) is 5.56 Å². The van der Waals surface area contributed by atoms with Gasteiger partial charge in [0.15, 0.2) is 0 Å². The number of benzene rings is 2. The van der Waals surface area contributed by atoms with E-state index in [4.69, 9.17) is 9.47 Å². The van der Waals surface area contributed by atoms with Crippen molar-refractivity contribution in [1.29, 1.82) is 0 Å². The second-order valence-electron chi connectivity index (χ2n) is 9.28. The van der Waals surface area contributed by atoms with Crippen LogP contribution < -0.4 is 10.1 Å². The Bertz CT molecular complexity index is 972. The highest BCUT2D eigenvalue weighted by Gasteiger charge is 2.39. The number of amides is 2. The van der Waals surface area contributed by atoms with E-state index >= 15 is 0 Å². The third-order valence-corrected chi connectivity index (χ3v) is 7.30. The lowest BCUT2D eigenvalue weighted by Gasteiger charge is -2.41. The fraction of sp³-hybridized carbons (Fsp3) is 0.481. The van der Waals surface area contributed by atoms with Gasteiger partial charge in [-0.3, -0.25) is 4.79 Å². The van der Waals surface area contributed by atoms with Gasteiger partial charge in [0.25, 0.3) is 5.91 Å². The highest BCUT2D eigenvalue weighted by molar-refractivity contribution is 5.97. The summed E-state index contributed by atoms with van der Waals surface area (Å²) in [6, 6.07) is 17.3. The molecular weight excluding hydrogens is 432 g/mol. The fourth-order valence-electron chi connectivity index (χ4n) is 5.27. The predicted molar refractivity (Wildman–Crippen MR) is 129 cm³/mol. The molecule has 7 nitrogen and oxygen atoms in total. The minimum Gasteiger partial charge on any atom is -0.496 e. The van der Waals surface area contributed by atoms with Crippen molar-refractivity contribution in [2.45, 2.75) is 56.1 Å². The highest BCUT2D eigenvalue weighted by Crippen LogP contribution is 2.40. The van der Waals surface area contributed by atoms with Crippen LogP contribution in [-0.4, -0.2) is 61.0 Å². The Morgan fingerprint density at radius 2 is 1.76 bits per heavy atom. The van der Waals surface area contributed by atoms with Gasteiger partial charge in [-0.15, -0.1) is 0 Å². The van der Waals surface area contributed by atoms with E-state index < -0.39 is 0 Å². The van der Waals surface area contributed by atoms with Crippen molar-refractivity contribution in [2.24, 2.45) is 0 Å². The second-order valence-corrected chi connectivity index (χ2v) is 9.28. The molecule has 182 valence electrons. The first kappa shape index (κ1) is 24.1. The van der Waals surface area contributed by atoms with Crippen molar-refractivity contribution < 1.29 is 24.2 Å². The summed E-state index contributed by atoms with van der Waals surface area (Å²) in [5, 5.41) is 12.6. The second kappa shape index (κ2) is 10.9. The molecule has 0 bridgehead atoms. The third kappa shape index (κ3) is 5.20. The van der Waals surface area contributed by atoms with Crippen LogP contribution in [0.2, 0.25) is 0 Å². The van der Waals surface area contributed by atoms with Crippen molar-refractivity contribution in [3.63, 3.8) is 0 Å². The zero-order valence-corrected chi connectivity index (χ0v) is 19.7. The summed E-state index contributed by atoms with van der Waals surface area (Å²) in [5.41, 5.74) is 1.46.